The predicted octanol–water partition coefficient (Wildman–Crippen LogP) is 0.178. The summed E-state index contributed by atoms with van der Waals surface area (Å²) in [5.74, 6) is 0. The third kappa shape index (κ3) is 3.75. The van der Waals surface area contributed by atoms with E-state index in [1.807, 2.05) is 12.1 Å². The third-order valence-corrected chi connectivity index (χ3v) is 4.10. The molecule has 0 unspecified atom stereocenters. The zero-order valence-corrected chi connectivity index (χ0v) is 12.2. The zero-order valence-electron chi connectivity index (χ0n) is 10.5. The summed E-state index contributed by atoms with van der Waals surface area (Å²) in [6.07, 6.45) is 1.59. The van der Waals surface area contributed by atoms with E-state index in [9.17, 15) is 16.8 Å². The van der Waals surface area contributed by atoms with E-state index in [0.29, 0.717) is 6.42 Å². The maximum Gasteiger partial charge on any atom is 0.264 e. The van der Waals surface area contributed by atoms with Gasteiger partial charge in [-0.05, 0) is 11.1 Å². The Bertz CT molecular complexity index is 681. The minimum Gasteiger partial charge on any atom is -0.265 e. The standard InChI is InChI=1S/C11H15NO5S2/c1-18(13,14)12-11-9-6-4-3-5-8(9)7-10(11)17-19(2,15)16/h3-6,10-12H,7H2,1-2H3/t10-,11-/m1/s1. The van der Waals surface area contributed by atoms with E-state index in [4.69, 9.17) is 4.18 Å². The molecule has 1 aliphatic rings. The monoisotopic (exact) mass is 305 g/mol. The lowest BCUT2D eigenvalue weighted by Crippen LogP contribution is -2.35. The van der Waals surface area contributed by atoms with Crippen LogP contribution in [0.1, 0.15) is 17.2 Å². The van der Waals surface area contributed by atoms with Gasteiger partial charge in [0.05, 0.1) is 18.6 Å². The highest BCUT2D eigenvalue weighted by molar-refractivity contribution is 7.88. The van der Waals surface area contributed by atoms with Gasteiger partial charge >= 0.3 is 0 Å². The van der Waals surface area contributed by atoms with Crippen LogP contribution >= 0.6 is 0 Å². The van der Waals surface area contributed by atoms with Crippen molar-refractivity contribution in [3.8, 4) is 0 Å². The summed E-state index contributed by atoms with van der Waals surface area (Å²) in [6.45, 7) is 0. The predicted molar refractivity (Wildman–Crippen MR) is 70.6 cm³/mol. The van der Waals surface area contributed by atoms with Crippen LogP contribution < -0.4 is 4.72 Å². The molecule has 0 saturated carbocycles. The van der Waals surface area contributed by atoms with Crippen LogP contribution in [0.5, 0.6) is 0 Å². The second-order valence-corrected chi connectivity index (χ2v) is 7.99. The Labute approximate surface area is 113 Å². The smallest absolute Gasteiger partial charge is 0.264 e. The van der Waals surface area contributed by atoms with Crippen molar-refractivity contribution >= 4 is 20.1 Å². The van der Waals surface area contributed by atoms with Crippen LogP contribution in [0.2, 0.25) is 0 Å². The molecule has 0 radical (unpaired) electrons. The number of hydrogen-bond donors (Lipinski definition) is 1. The summed E-state index contributed by atoms with van der Waals surface area (Å²) in [4.78, 5) is 0. The number of sulfonamides is 1. The van der Waals surface area contributed by atoms with Crippen molar-refractivity contribution in [3.63, 3.8) is 0 Å². The van der Waals surface area contributed by atoms with Gasteiger partial charge < -0.3 is 0 Å². The average molecular weight is 305 g/mol. The van der Waals surface area contributed by atoms with E-state index >= 15 is 0 Å². The van der Waals surface area contributed by atoms with Crippen LogP contribution in [0.25, 0.3) is 0 Å². The van der Waals surface area contributed by atoms with Crippen LogP contribution in [0.4, 0.5) is 0 Å². The molecule has 0 aliphatic heterocycles. The largest absolute Gasteiger partial charge is 0.265 e. The highest BCUT2D eigenvalue weighted by Crippen LogP contribution is 2.34. The number of fused-ring (bicyclic) bond motifs is 1. The molecule has 0 fully saturated rings. The Morgan fingerprint density at radius 2 is 1.79 bits per heavy atom. The Hall–Kier alpha value is -0.960. The molecule has 6 nitrogen and oxygen atoms in total. The lowest BCUT2D eigenvalue weighted by atomic mass is 10.1. The van der Waals surface area contributed by atoms with Gasteiger partial charge in [-0.2, -0.15) is 8.42 Å². The first-order valence-corrected chi connectivity index (χ1v) is 9.30. The van der Waals surface area contributed by atoms with Crippen molar-refractivity contribution in [1.82, 2.24) is 4.72 Å². The van der Waals surface area contributed by atoms with Gasteiger partial charge in [-0.1, -0.05) is 24.3 Å². The molecule has 0 bridgehead atoms. The summed E-state index contributed by atoms with van der Waals surface area (Å²) in [7, 11) is -7.11. The molecule has 106 valence electrons. The maximum absolute atomic E-state index is 11.4. The van der Waals surface area contributed by atoms with Gasteiger partial charge in [-0.25, -0.2) is 13.1 Å². The van der Waals surface area contributed by atoms with E-state index in [-0.39, 0.29) is 0 Å². The minimum absolute atomic E-state index is 0.358. The fraction of sp³-hybridized carbons (Fsp3) is 0.455. The second-order valence-electron chi connectivity index (χ2n) is 4.61. The van der Waals surface area contributed by atoms with Crippen LogP contribution in [-0.2, 0) is 30.7 Å². The van der Waals surface area contributed by atoms with Crippen molar-refractivity contribution in [3.05, 3.63) is 35.4 Å². The van der Waals surface area contributed by atoms with Crippen molar-refractivity contribution in [2.45, 2.75) is 18.6 Å². The third-order valence-electron chi connectivity index (χ3n) is 2.82. The van der Waals surface area contributed by atoms with Crippen LogP contribution in [0.3, 0.4) is 0 Å². The van der Waals surface area contributed by atoms with E-state index in [1.165, 1.54) is 0 Å². The first-order chi connectivity index (χ1) is 8.66. The molecular formula is C11H15NO5S2. The maximum atomic E-state index is 11.4. The molecule has 1 aromatic rings. The fourth-order valence-corrected chi connectivity index (χ4v) is 3.61. The summed E-state index contributed by atoms with van der Waals surface area (Å²) in [6, 6.07) is 6.51. The van der Waals surface area contributed by atoms with Gasteiger partial charge in [0, 0.05) is 6.42 Å². The lowest BCUT2D eigenvalue weighted by Gasteiger charge is -2.20. The Kier molecular flexibility index (Phi) is 3.69. The Morgan fingerprint density at radius 3 is 2.37 bits per heavy atom. The van der Waals surface area contributed by atoms with Crippen molar-refractivity contribution in [2.75, 3.05) is 12.5 Å². The zero-order chi connectivity index (χ0) is 14.3. The van der Waals surface area contributed by atoms with Gasteiger partial charge in [0.25, 0.3) is 10.1 Å². The summed E-state index contributed by atoms with van der Waals surface area (Å²) >= 11 is 0. The molecule has 8 heteroatoms. The van der Waals surface area contributed by atoms with Crippen molar-refractivity contribution < 1.29 is 21.0 Å². The van der Waals surface area contributed by atoms with Gasteiger partial charge in [0.1, 0.15) is 6.10 Å². The number of hydrogen-bond acceptors (Lipinski definition) is 5. The summed E-state index contributed by atoms with van der Waals surface area (Å²) in [5, 5.41) is 0. The fourth-order valence-electron chi connectivity index (χ4n) is 2.24. The molecule has 19 heavy (non-hydrogen) atoms. The Balaban J connectivity index is 2.36. The van der Waals surface area contributed by atoms with Gasteiger partial charge in [-0.15, -0.1) is 0 Å². The molecule has 1 aromatic carbocycles. The molecule has 0 heterocycles. The van der Waals surface area contributed by atoms with Crippen LogP contribution in [0.15, 0.2) is 24.3 Å². The number of benzene rings is 1. The van der Waals surface area contributed by atoms with E-state index in [2.05, 4.69) is 4.72 Å². The second kappa shape index (κ2) is 4.86. The van der Waals surface area contributed by atoms with Crippen LogP contribution in [0, 0.1) is 0 Å². The summed E-state index contributed by atoms with van der Waals surface area (Å²) in [5.41, 5.74) is 1.64. The Morgan fingerprint density at radius 1 is 1.16 bits per heavy atom. The SMILES string of the molecule is CS(=O)(=O)N[C@@H]1c2ccccc2C[C@H]1OS(C)(=O)=O. The molecule has 0 saturated heterocycles. The average Bonchev–Trinajstić information content (AvgIpc) is 2.52. The molecule has 0 aromatic heterocycles. The molecule has 2 rings (SSSR count). The van der Waals surface area contributed by atoms with Crippen LogP contribution in [-0.4, -0.2) is 35.5 Å². The van der Waals surface area contributed by atoms with E-state index in [1.54, 1.807) is 12.1 Å². The molecular weight excluding hydrogens is 290 g/mol. The quantitative estimate of drug-likeness (QED) is 0.801. The molecule has 2 atom stereocenters. The first-order valence-electron chi connectivity index (χ1n) is 5.59. The minimum atomic E-state index is -3.65. The topological polar surface area (TPSA) is 89.5 Å². The normalized spacial score (nSPS) is 23.3. The van der Waals surface area contributed by atoms with E-state index < -0.39 is 32.3 Å². The highest BCUT2D eigenvalue weighted by Gasteiger charge is 2.36. The first kappa shape index (κ1) is 14.4. The number of rotatable bonds is 4. The van der Waals surface area contributed by atoms with Gasteiger partial charge in [0.15, 0.2) is 0 Å². The van der Waals surface area contributed by atoms with Gasteiger partial charge in [-0.3, -0.25) is 4.18 Å². The van der Waals surface area contributed by atoms with Gasteiger partial charge in [0.2, 0.25) is 10.0 Å². The summed E-state index contributed by atoms with van der Waals surface area (Å²) < 4.78 is 52.7. The molecule has 1 aliphatic carbocycles. The number of nitrogens with one attached hydrogen (secondary N) is 1. The molecule has 0 spiro atoms. The van der Waals surface area contributed by atoms with E-state index in [0.717, 1.165) is 23.6 Å². The molecule has 0 amide bonds. The molecule has 1 N–H and O–H groups in total. The highest BCUT2D eigenvalue weighted by atomic mass is 32.2. The van der Waals surface area contributed by atoms with Crippen molar-refractivity contribution in [1.29, 1.82) is 0 Å². The van der Waals surface area contributed by atoms with Crippen molar-refractivity contribution in [2.24, 2.45) is 0 Å². The lowest BCUT2D eigenvalue weighted by molar-refractivity contribution is 0.187.